The monoisotopic (exact) mass is 623 g/mol. The van der Waals surface area contributed by atoms with Crippen molar-refractivity contribution in [3.8, 4) is 0 Å². The summed E-state index contributed by atoms with van der Waals surface area (Å²) >= 11 is 18.7. The molecule has 0 aliphatic carbocycles. The van der Waals surface area contributed by atoms with E-state index in [1.807, 2.05) is 13.8 Å². The van der Waals surface area contributed by atoms with E-state index in [2.05, 4.69) is 5.32 Å². The molecular weight excluding hydrogens is 593 g/mol. The zero-order valence-corrected chi connectivity index (χ0v) is 25.6. The van der Waals surface area contributed by atoms with Crippen LogP contribution < -0.4 is 9.62 Å². The number of benzene rings is 3. The number of aryl methyl sites for hydroxylation is 1. The molecule has 1 N–H and O–H groups in total. The van der Waals surface area contributed by atoms with Crippen LogP contribution in [0.4, 0.5) is 5.69 Å². The molecule has 3 aromatic rings. The number of unbranched alkanes of at least 4 members (excludes halogenated alkanes) is 1. The van der Waals surface area contributed by atoms with Crippen molar-refractivity contribution in [3.63, 3.8) is 0 Å². The number of anilines is 1. The first-order valence-corrected chi connectivity index (χ1v) is 15.4. The van der Waals surface area contributed by atoms with E-state index in [0.29, 0.717) is 11.6 Å². The summed E-state index contributed by atoms with van der Waals surface area (Å²) in [5.41, 5.74) is 1.65. The fourth-order valence-electron chi connectivity index (χ4n) is 3.94. The predicted octanol–water partition coefficient (Wildman–Crippen LogP) is 6.48. The highest BCUT2D eigenvalue weighted by atomic mass is 35.5. The molecule has 214 valence electrons. The van der Waals surface area contributed by atoms with Gasteiger partial charge in [-0.05, 0) is 62.2 Å². The van der Waals surface area contributed by atoms with Crippen LogP contribution in [0.1, 0.15) is 37.8 Å². The molecule has 3 rings (SSSR count). The van der Waals surface area contributed by atoms with Crippen LogP contribution in [-0.2, 0) is 26.2 Å². The van der Waals surface area contributed by atoms with Gasteiger partial charge in [0.1, 0.15) is 12.6 Å². The summed E-state index contributed by atoms with van der Waals surface area (Å²) in [6.45, 7) is 5.37. The average molecular weight is 625 g/mol. The molecule has 0 radical (unpaired) electrons. The number of carbonyl (C=O) groups is 2. The van der Waals surface area contributed by atoms with Gasteiger partial charge in [0, 0.05) is 18.1 Å². The van der Waals surface area contributed by atoms with Crippen LogP contribution in [0.15, 0.2) is 71.6 Å². The van der Waals surface area contributed by atoms with E-state index in [9.17, 15) is 18.0 Å². The van der Waals surface area contributed by atoms with Gasteiger partial charge in [-0.3, -0.25) is 13.9 Å². The fraction of sp³-hybridized carbons (Fsp3) is 0.310. The highest BCUT2D eigenvalue weighted by molar-refractivity contribution is 7.92. The minimum absolute atomic E-state index is 0.0118. The van der Waals surface area contributed by atoms with Gasteiger partial charge in [0.2, 0.25) is 11.8 Å². The largest absolute Gasteiger partial charge is 0.354 e. The number of sulfonamides is 1. The first-order valence-electron chi connectivity index (χ1n) is 12.8. The molecule has 0 fully saturated rings. The quantitative estimate of drug-likeness (QED) is 0.234. The van der Waals surface area contributed by atoms with Gasteiger partial charge in [-0.2, -0.15) is 0 Å². The smallest absolute Gasteiger partial charge is 0.264 e. The zero-order valence-electron chi connectivity index (χ0n) is 22.5. The van der Waals surface area contributed by atoms with Gasteiger partial charge in [0.25, 0.3) is 10.0 Å². The van der Waals surface area contributed by atoms with Crippen LogP contribution in [0.5, 0.6) is 0 Å². The van der Waals surface area contributed by atoms with Crippen molar-refractivity contribution in [2.24, 2.45) is 0 Å². The second-order valence-electron chi connectivity index (χ2n) is 9.37. The number of hydrogen-bond acceptors (Lipinski definition) is 4. The Hall–Kier alpha value is -2.78. The first-order chi connectivity index (χ1) is 18.9. The summed E-state index contributed by atoms with van der Waals surface area (Å²) in [7, 11) is -4.26. The van der Waals surface area contributed by atoms with Gasteiger partial charge < -0.3 is 10.2 Å². The summed E-state index contributed by atoms with van der Waals surface area (Å²) in [5, 5.41) is 3.50. The van der Waals surface area contributed by atoms with Crippen LogP contribution in [0, 0.1) is 6.92 Å². The number of hydrogen-bond donors (Lipinski definition) is 1. The average Bonchev–Trinajstić information content (AvgIpc) is 2.93. The van der Waals surface area contributed by atoms with Crippen molar-refractivity contribution in [1.82, 2.24) is 10.2 Å². The molecule has 0 spiro atoms. The van der Waals surface area contributed by atoms with E-state index in [0.717, 1.165) is 28.3 Å². The highest BCUT2D eigenvalue weighted by Crippen LogP contribution is 2.35. The normalized spacial score (nSPS) is 12.1. The molecule has 11 heteroatoms. The topological polar surface area (TPSA) is 86.8 Å². The van der Waals surface area contributed by atoms with Crippen LogP contribution in [-0.4, -0.2) is 44.3 Å². The second kappa shape index (κ2) is 14.2. The van der Waals surface area contributed by atoms with Gasteiger partial charge in [-0.15, -0.1) is 0 Å². The van der Waals surface area contributed by atoms with Gasteiger partial charge in [0.05, 0.1) is 20.6 Å². The molecule has 0 heterocycles. The van der Waals surface area contributed by atoms with E-state index < -0.39 is 28.5 Å². The standard InChI is InChI=1S/C29H32Cl3N3O4S/c1-4-5-17-33-29(37)21(3)34(18-22-11-13-23(30)14-12-22)27(36)19-35(26-8-6-7-25(31)28(26)32)40(38,39)24-15-9-20(2)10-16-24/h6-16,21H,4-5,17-19H2,1-3H3,(H,33,37)/t21-/m0/s1. The molecule has 0 unspecified atom stereocenters. The minimum atomic E-state index is -4.26. The molecule has 7 nitrogen and oxygen atoms in total. The Bertz CT molecular complexity index is 1430. The van der Waals surface area contributed by atoms with E-state index in [1.54, 1.807) is 49.4 Å². The Labute approximate surface area is 251 Å². The van der Waals surface area contributed by atoms with Crippen molar-refractivity contribution < 1.29 is 18.0 Å². The van der Waals surface area contributed by atoms with E-state index in [-0.39, 0.29) is 33.1 Å². The first kappa shape index (κ1) is 31.7. The van der Waals surface area contributed by atoms with Crippen LogP contribution >= 0.6 is 34.8 Å². The molecular formula is C29H32Cl3N3O4S. The maximum Gasteiger partial charge on any atom is 0.264 e. The molecule has 0 saturated carbocycles. The Morgan fingerprint density at radius 2 is 1.60 bits per heavy atom. The lowest BCUT2D eigenvalue weighted by atomic mass is 10.1. The van der Waals surface area contributed by atoms with E-state index >= 15 is 0 Å². The lowest BCUT2D eigenvalue weighted by Gasteiger charge is -2.32. The summed E-state index contributed by atoms with van der Waals surface area (Å²) in [6, 6.07) is 16.8. The van der Waals surface area contributed by atoms with Crippen LogP contribution in [0.2, 0.25) is 15.1 Å². The number of halogens is 3. The van der Waals surface area contributed by atoms with E-state index in [4.69, 9.17) is 34.8 Å². The minimum Gasteiger partial charge on any atom is -0.354 e. The maximum absolute atomic E-state index is 13.9. The van der Waals surface area contributed by atoms with Crippen molar-refractivity contribution in [2.45, 2.75) is 51.1 Å². The van der Waals surface area contributed by atoms with Gasteiger partial charge >= 0.3 is 0 Å². The lowest BCUT2D eigenvalue weighted by Crippen LogP contribution is -2.51. The summed E-state index contributed by atoms with van der Waals surface area (Å²) in [6.07, 6.45) is 1.69. The number of amides is 2. The predicted molar refractivity (Wildman–Crippen MR) is 162 cm³/mol. The molecule has 2 amide bonds. The van der Waals surface area contributed by atoms with Crippen LogP contribution in [0.3, 0.4) is 0 Å². The summed E-state index contributed by atoms with van der Waals surface area (Å²) in [4.78, 5) is 28.3. The highest BCUT2D eigenvalue weighted by Gasteiger charge is 2.33. The molecule has 0 saturated heterocycles. The van der Waals surface area contributed by atoms with Gasteiger partial charge in [0.15, 0.2) is 0 Å². The Kier molecular flexibility index (Phi) is 11.3. The number of rotatable bonds is 12. The van der Waals surface area contributed by atoms with Gasteiger partial charge in [-0.1, -0.05) is 84.0 Å². The van der Waals surface area contributed by atoms with Crippen molar-refractivity contribution in [2.75, 3.05) is 17.4 Å². The number of nitrogens with one attached hydrogen (secondary N) is 1. The van der Waals surface area contributed by atoms with Crippen molar-refractivity contribution in [3.05, 3.63) is 92.9 Å². The second-order valence-corrected chi connectivity index (χ2v) is 12.5. The zero-order chi connectivity index (χ0) is 29.4. The molecule has 0 aliphatic heterocycles. The Balaban J connectivity index is 2.04. The van der Waals surface area contributed by atoms with E-state index in [1.165, 1.54) is 29.2 Å². The fourth-order valence-corrected chi connectivity index (χ4v) is 5.94. The molecule has 0 aromatic heterocycles. The lowest BCUT2D eigenvalue weighted by molar-refractivity contribution is -0.139. The van der Waals surface area contributed by atoms with Gasteiger partial charge in [-0.25, -0.2) is 8.42 Å². The molecule has 1 atom stereocenters. The summed E-state index contributed by atoms with van der Waals surface area (Å²) in [5.74, 6) is -0.940. The Morgan fingerprint density at radius 1 is 0.950 bits per heavy atom. The molecule has 0 bridgehead atoms. The van der Waals surface area contributed by atoms with Crippen molar-refractivity contribution >= 4 is 62.3 Å². The third-order valence-electron chi connectivity index (χ3n) is 6.35. The SMILES string of the molecule is CCCCNC(=O)[C@H](C)N(Cc1ccc(Cl)cc1)C(=O)CN(c1cccc(Cl)c1Cl)S(=O)(=O)c1ccc(C)cc1. The molecule has 3 aromatic carbocycles. The molecule has 0 aliphatic rings. The maximum atomic E-state index is 13.9. The third kappa shape index (κ3) is 7.91. The number of nitrogens with zero attached hydrogens (tertiary/aromatic N) is 2. The number of carbonyl (C=O) groups excluding carboxylic acids is 2. The Morgan fingerprint density at radius 3 is 2.23 bits per heavy atom. The van der Waals surface area contributed by atoms with Crippen molar-refractivity contribution in [1.29, 1.82) is 0 Å². The van der Waals surface area contributed by atoms with Crippen LogP contribution in [0.25, 0.3) is 0 Å². The molecule has 40 heavy (non-hydrogen) atoms. The third-order valence-corrected chi connectivity index (χ3v) is 9.19. The summed E-state index contributed by atoms with van der Waals surface area (Å²) < 4.78 is 28.7.